The molecule has 0 aromatic heterocycles. The number of benzene rings is 1. The van der Waals surface area contributed by atoms with Gasteiger partial charge >= 0.3 is 6.03 Å². The summed E-state index contributed by atoms with van der Waals surface area (Å²) < 4.78 is 0. The van der Waals surface area contributed by atoms with Crippen LogP contribution in [0.4, 0.5) is 4.79 Å². The molecule has 0 saturated carbocycles. The highest BCUT2D eigenvalue weighted by Gasteiger charge is 2.43. The van der Waals surface area contributed by atoms with E-state index >= 15 is 0 Å². The third-order valence-corrected chi connectivity index (χ3v) is 5.45. The van der Waals surface area contributed by atoms with E-state index in [1.807, 2.05) is 17.0 Å². The van der Waals surface area contributed by atoms with Crippen molar-refractivity contribution in [3.63, 3.8) is 0 Å². The molecule has 5 nitrogen and oxygen atoms in total. The van der Waals surface area contributed by atoms with Gasteiger partial charge in [-0.3, -0.25) is 9.69 Å². The van der Waals surface area contributed by atoms with Gasteiger partial charge < -0.3 is 10.2 Å². The van der Waals surface area contributed by atoms with Crippen LogP contribution in [0.2, 0.25) is 0 Å². The predicted molar refractivity (Wildman–Crippen MR) is 98.1 cm³/mol. The van der Waals surface area contributed by atoms with E-state index in [1.165, 1.54) is 5.56 Å². The van der Waals surface area contributed by atoms with E-state index in [0.717, 1.165) is 17.7 Å². The first-order chi connectivity index (χ1) is 11.8. The second-order valence-corrected chi connectivity index (χ2v) is 7.31. The van der Waals surface area contributed by atoms with Gasteiger partial charge in [0.15, 0.2) is 0 Å². The number of nitrogens with zero attached hydrogens (tertiary/aromatic N) is 2. The molecule has 3 rings (SSSR count). The highest BCUT2D eigenvalue weighted by Crippen LogP contribution is 2.36. The number of rotatable bonds is 4. The lowest BCUT2D eigenvalue weighted by Gasteiger charge is -2.31. The second kappa shape index (κ2) is 6.54. The second-order valence-electron chi connectivity index (χ2n) is 7.31. The SMILES string of the molecule is CC[C@H](C)N1CC2=C(C1=O)[C@@H](c1ccc(C(C)C)cc1)NC(=O)N2C. The van der Waals surface area contributed by atoms with Crippen LogP contribution in [0.1, 0.15) is 57.2 Å². The zero-order valence-electron chi connectivity index (χ0n) is 15.7. The Labute approximate surface area is 149 Å². The number of carbonyl (C=O) groups excluding carboxylic acids is 2. The Hall–Kier alpha value is -2.30. The van der Waals surface area contributed by atoms with E-state index in [0.29, 0.717) is 18.0 Å². The Kier molecular flexibility index (Phi) is 4.58. The highest BCUT2D eigenvalue weighted by molar-refractivity contribution is 6.01. The maximum absolute atomic E-state index is 13.0. The fourth-order valence-corrected chi connectivity index (χ4v) is 3.49. The monoisotopic (exact) mass is 341 g/mol. The topological polar surface area (TPSA) is 52.7 Å². The molecule has 0 saturated heterocycles. The number of nitrogens with one attached hydrogen (secondary N) is 1. The highest BCUT2D eigenvalue weighted by atomic mass is 16.2. The Bertz CT molecular complexity index is 721. The van der Waals surface area contributed by atoms with Crippen molar-refractivity contribution in [3.8, 4) is 0 Å². The summed E-state index contributed by atoms with van der Waals surface area (Å²) in [7, 11) is 1.73. The third kappa shape index (κ3) is 2.92. The molecule has 0 fully saturated rings. The van der Waals surface area contributed by atoms with Crippen LogP contribution >= 0.6 is 0 Å². The first kappa shape index (κ1) is 17.5. The van der Waals surface area contributed by atoms with Gasteiger partial charge in [0.2, 0.25) is 0 Å². The van der Waals surface area contributed by atoms with Gasteiger partial charge in [-0.1, -0.05) is 45.0 Å². The summed E-state index contributed by atoms with van der Waals surface area (Å²) in [5.41, 5.74) is 3.74. The Morgan fingerprint density at radius 2 is 1.80 bits per heavy atom. The van der Waals surface area contributed by atoms with Crippen molar-refractivity contribution in [3.05, 3.63) is 46.7 Å². The summed E-state index contributed by atoms with van der Waals surface area (Å²) in [6.45, 7) is 8.94. The van der Waals surface area contributed by atoms with Crippen molar-refractivity contribution in [1.29, 1.82) is 0 Å². The van der Waals surface area contributed by atoms with Gasteiger partial charge in [0.05, 0.1) is 23.9 Å². The van der Waals surface area contributed by atoms with Crippen LogP contribution in [0.15, 0.2) is 35.5 Å². The van der Waals surface area contributed by atoms with Crippen LogP contribution in [0.3, 0.4) is 0 Å². The average molecular weight is 341 g/mol. The molecule has 2 atom stereocenters. The zero-order valence-corrected chi connectivity index (χ0v) is 15.7. The van der Waals surface area contributed by atoms with Crippen molar-refractivity contribution in [1.82, 2.24) is 15.1 Å². The van der Waals surface area contributed by atoms with Crippen LogP contribution in [0.25, 0.3) is 0 Å². The molecule has 134 valence electrons. The zero-order chi connectivity index (χ0) is 18.3. The molecule has 5 heteroatoms. The molecule has 0 unspecified atom stereocenters. The van der Waals surface area contributed by atoms with Gasteiger partial charge in [-0.15, -0.1) is 0 Å². The lowest BCUT2D eigenvalue weighted by Crippen LogP contribution is -2.45. The fourth-order valence-electron chi connectivity index (χ4n) is 3.49. The van der Waals surface area contributed by atoms with Crippen molar-refractivity contribution in [2.75, 3.05) is 13.6 Å². The number of hydrogen-bond donors (Lipinski definition) is 1. The number of hydrogen-bond acceptors (Lipinski definition) is 2. The smallest absolute Gasteiger partial charge is 0.322 e. The number of likely N-dealkylation sites (N-methyl/N-ethyl adjacent to an activating group) is 1. The standard InChI is InChI=1S/C20H27N3O2/c1-6-13(4)23-11-16-17(19(23)24)18(21-20(25)22(16)5)15-9-7-14(8-10-15)12(2)3/h7-10,12-13,18H,6,11H2,1-5H3,(H,21,25)/t13-,18+/m0/s1. The Morgan fingerprint density at radius 1 is 1.16 bits per heavy atom. The maximum atomic E-state index is 13.0. The summed E-state index contributed by atoms with van der Waals surface area (Å²) in [5.74, 6) is 0.485. The predicted octanol–water partition coefficient (Wildman–Crippen LogP) is 3.40. The van der Waals surface area contributed by atoms with E-state index in [1.54, 1.807) is 11.9 Å². The van der Waals surface area contributed by atoms with Crippen LogP contribution < -0.4 is 5.32 Å². The lowest BCUT2D eigenvalue weighted by atomic mass is 9.93. The summed E-state index contributed by atoms with van der Waals surface area (Å²) >= 11 is 0. The normalized spacial score (nSPS) is 21.8. The van der Waals surface area contributed by atoms with E-state index in [-0.39, 0.29) is 24.0 Å². The van der Waals surface area contributed by atoms with Gasteiger partial charge in [0.25, 0.3) is 5.91 Å². The minimum Gasteiger partial charge on any atom is -0.330 e. The van der Waals surface area contributed by atoms with Gasteiger partial charge in [0, 0.05) is 13.1 Å². The lowest BCUT2D eigenvalue weighted by molar-refractivity contribution is -0.127. The van der Waals surface area contributed by atoms with Gasteiger partial charge in [-0.05, 0) is 30.4 Å². The van der Waals surface area contributed by atoms with E-state index in [4.69, 9.17) is 0 Å². The number of carbonyl (C=O) groups is 2. The minimum atomic E-state index is -0.374. The van der Waals surface area contributed by atoms with Gasteiger partial charge in [-0.25, -0.2) is 4.79 Å². The van der Waals surface area contributed by atoms with Crippen LogP contribution in [-0.2, 0) is 4.79 Å². The van der Waals surface area contributed by atoms with Crippen molar-refractivity contribution in [2.24, 2.45) is 0 Å². The quantitative estimate of drug-likeness (QED) is 0.912. The molecular weight excluding hydrogens is 314 g/mol. The van der Waals surface area contributed by atoms with Crippen molar-refractivity contribution in [2.45, 2.75) is 52.1 Å². The molecule has 3 amide bonds. The van der Waals surface area contributed by atoms with Crippen LogP contribution in [0.5, 0.6) is 0 Å². The summed E-state index contributed by atoms with van der Waals surface area (Å²) in [4.78, 5) is 28.9. The largest absolute Gasteiger partial charge is 0.330 e. The molecule has 1 aromatic carbocycles. The first-order valence-corrected chi connectivity index (χ1v) is 9.03. The molecule has 0 aliphatic carbocycles. The van der Waals surface area contributed by atoms with Gasteiger partial charge in [0.1, 0.15) is 0 Å². The van der Waals surface area contributed by atoms with E-state index in [9.17, 15) is 9.59 Å². The molecular formula is C20H27N3O2. The maximum Gasteiger partial charge on any atom is 0.322 e. The molecule has 0 bridgehead atoms. The first-order valence-electron chi connectivity index (χ1n) is 9.03. The number of urea groups is 1. The fraction of sp³-hybridized carbons (Fsp3) is 0.500. The molecule has 2 aliphatic heterocycles. The van der Waals surface area contributed by atoms with Gasteiger partial charge in [-0.2, -0.15) is 0 Å². The Balaban J connectivity index is 1.99. The molecule has 1 aromatic rings. The Morgan fingerprint density at radius 3 is 2.36 bits per heavy atom. The summed E-state index contributed by atoms with van der Waals surface area (Å²) in [5, 5.41) is 2.99. The van der Waals surface area contributed by atoms with Crippen molar-refractivity contribution >= 4 is 11.9 Å². The minimum absolute atomic E-state index is 0.0362. The summed E-state index contributed by atoms with van der Waals surface area (Å²) in [6.07, 6.45) is 0.894. The van der Waals surface area contributed by atoms with Crippen molar-refractivity contribution < 1.29 is 9.59 Å². The molecule has 2 heterocycles. The van der Waals surface area contributed by atoms with Crippen LogP contribution in [0, 0.1) is 0 Å². The average Bonchev–Trinajstić information content (AvgIpc) is 2.95. The molecule has 2 aliphatic rings. The third-order valence-electron chi connectivity index (χ3n) is 5.45. The summed E-state index contributed by atoms with van der Waals surface area (Å²) in [6, 6.07) is 7.83. The van der Waals surface area contributed by atoms with E-state index < -0.39 is 0 Å². The molecule has 0 radical (unpaired) electrons. The van der Waals surface area contributed by atoms with Crippen LogP contribution in [-0.4, -0.2) is 41.4 Å². The molecule has 0 spiro atoms. The van der Waals surface area contributed by atoms with E-state index in [2.05, 4.69) is 45.1 Å². The number of amides is 3. The molecule has 25 heavy (non-hydrogen) atoms. The molecule has 1 N–H and O–H groups in total.